The van der Waals surface area contributed by atoms with Crippen molar-refractivity contribution in [1.82, 2.24) is 9.88 Å². The summed E-state index contributed by atoms with van der Waals surface area (Å²) in [5.41, 5.74) is 0.837. The van der Waals surface area contributed by atoms with E-state index in [9.17, 15) is 5.11 Å². The van der Waals surface area contributed by atoms with E-state index < -0.39 is 6.10 Å². The van der Waals surface area contributed by atoms with Gasteiger partial charge >= 0.3 is 0 Å². The topological polar surface area (TPSA) is 71.9 Å². The van der Waals surface area contributed by atoms with E-state index in [0.717, 1.165) is 11.5 Å². The van der Waals surface area contributed by atoms with Crippen LogP contribution in [0.5, 0.6) is 0 Å². The van der Waals surface area contributed by atoms with Crippen LogP contribution in [-0.2, 0) is 11.3 Å². The Bertz CT molecular complexity index is 521. The van der Waals surface area contributed by atoms with Gasteiger partial charge in [-0.25, -0.2) is 4.98 Å². The summed E-state index contributed by atoms with van der Waals surface area (Å²) in [6, 6.07) is 3.60. The molecule has 0 saturated heterocycles. The lowest BCUT2D eigenvalue weighted by atomic mass is 10.3. The van der Waals surface area contributed by atoms with E-state index in [-0.39, 0.29) is 0 Å². The predicted octanol–water partition coefficient (Wildman–Crippen LogP) is 1.68. The molecule has 110 valence electrons. The van der Waals surface area contributed by atoms with Gasteiger partial charge in [-0.05, 0) is 26.1 Å². The average molecular weight is 280 g/mol. The first kappa shape index (κ1) is 14.8. The molecule has 6 heteroatoms. The third-order valence-electron chi connectivity index (χ3n) is 2.93. The first-order valence-electron chi connectivity index (χ1n) is 6.46. The molecule has 2 aromatic rings. The molecule has 0 fully saturated rings. The lowest BCUT2D eigenvalue weighted by Gasteiger charge is -2.19. The van der Waals surface area contributed by atoms with Crippen molar-refractivity contribution in [1.29, 1.82) is 0 Å². The van der Waals surface area contributed by atoms with E-state index >= 15 is 0 Å². The highest BCUT2D eigenvalue weighted by atomic mass is 16.5. The molecule has 1 atom stereocenters. The van der Waals surface area contributed by atoms with E-state index in [4.69, 9.17) is 13.6 Å². The molecule has 0 radical (unpaired) electrons. The molecule has 2 rings (SSSR count). The molecule has 6 nitrogen and oxygen atoms in total. The molecule has 2 aromatic heterocycles. The molecule has 0 aromatic carbocycles. The summed E-state index contributed by atoms with van der Waals surface area (Å²) in [6.07, 6.45) is 1.07. The third kappa shape index (κ3) is 3.69. The molecule has 0 bridgehead atoms. The summed E-state index contributed by atoms with van der Waals surface area (Å²) in [5, 5.41) is 9.70. The Morgan fingerprint density at radius 2 is 2.30 bits per heavy atom. The van der Waals surface area contributed by atoms with Gasteiger partial charge in [0.15, 0.2) is 5.76 Å². The number of aryl methyl sites for hydroxylation is 1. The number of aromatic nitrogens is 1. The number of aliphatic hydroxyl groups excluding tert-OH is 1. The quantitative estimate of drug-likeness (QED) is 0.832. The summed E-state index contributed by atoms with van der Waals surface area (Å²) >= 11 is 0. The smallest absolute Gasteiger partial charge is 0.263 e. The van der Waals surface area contributed by atoms with Gasteiger partial charge in [0.25, 0.3) is 5.89 Å². The number of hydrogen-bond acceptors (Lipinski definition) is 6. The monoisotopic (exact) mass is 280 g/mol. The second-order valence-electron chi connectivity index (χ2n) is 4.81. The van der Waals surface area contributed by atoms with Gasteiger partial charge in [-0.1, -0.05) is 0 Å². The molecule has 0 saturated carbocycles. The van der Waals surface area contributed by atoms with Crippen molar-refractivity contribution >= 4 is 0 Å². The zero-order valence-electron chi connectivity index (χ0n) is 12.0. The molecule has 1 unspecified atom stereocenters. The molecule has 0 aliphatic rings. The van der Waals surface area contributed by atoms with Gasteiger partial charge in [-0.3, -0.25) is 4.90 Å². The third-order valence-corrected chi connectivity index (χ3v) is 2.93. The van der Waals surface area contributed by atoms with Crippen molar-refractivity contribution < 1.29 is 18.7 Å². The summed E-state index contributed by atoms with van der Waals surface area (Å²) < 4.78 is 15.8. The average Bonchev–Trinajstić information content (AvgIpc) is 3.00. The second kappa shape index (κ2) is 6.69. The first-order valence-corrected chi connectivity index (χ1v) is 6.46. The van der Waals surface area contributed by atoms with Crippen LogP contribution in [0.25, 0.3) is 11.7 Å². The number of hydrogen-bond donors (Lipinski definition) is 1. The zero-order chi connectivity index (χ0) is 14.5. The van der Waals surface area contributed by atoms with Crippen molar-refractivity contribution in [3.8, 4) is 11.7 Å². The lowest BCUT2D eigenvalue weighted by Crippen LogP contribution is -2.31. The van der Waals surface area contributed by atoms with E-state index in [1.807, 2.05) is 18.9 Å². The van der Waals surface area contributed by atoms with Gasteiger partial charge < -0.3 is 18.7 Å². The molecule has 1 N–H and O–H groups in total. The minimum Gasteiger partial charge on any atom is -0.459 e. The number of likely N-dealkylation sites (N-methyl/N-ethyl adjacent to an activating group) is 1. The Morgan fingerprint density at radius 3 is 2.95 bits per heavy atom. The minimum absolute atomic E-state index is 0.319. The van der Waals surface area contributed by atoms with E-state index in [1.165, 1.54) is 0 Å². The van der Waals surface area contributed by atoms with Crippen LogP contribution in [0.3, 0.4) is 0 Å². The Kier molecular flexibility index (Phi) is 4.94. The Morgan fingerprint density at radius 1 is 1.50 bits per heavy atom. The van der Waals surface area contributed by atoms with Crippen LogP contribution in [0.2, 0.25) is 0 Å². The Balaban J connectivity index is 1.99. The van der Waals surface area contributed by atoms with E-state index in [1.54, 1.807) is 25.5 Å². The predicted molar refractivity (Wildman–Crippen MR) is 73.2 cm³/mol. The fourth-order valence-corrected chi connectivity index (χ4v) is 2.01. The van der Waals surface area contributed by atoms with Gasteiger partial charge in [0.05, 0.1) is 24.7 Å². The van der Waals surface area contributed by atoms with Gasteiger partial charge in [0.2, 0.25) is 0 Å². The maximum atomic E-state index is 9.70. The van der Waals surface area contributed by atoms with Crippen molar-refractivity contribution in [2.24, 2.45) is 0 Å². The molecule has 2 heterocycles. The van der Waals surface area contributed by atoms with Gasteiger partial charge in [0.1, 0.15) is 5.76 Å². The number of oxazole rings is 1. The molecule has 0 spiro atoms. The van der Waals surface area contributed by atoms with E-state index in [2.05, 4.69) is 4.98 Å². The number of rotatable bonds is 7. The summed E-state index contributed by atoms with van der Waals surface area (Å²) in [7, 11) is 3.49. The summed E-state index contributed by atoms with van der Waals surface area (Å²) in [6.45, 7) is 3.29. The van der Waals surface area contributed by atoms with Gasteiger partial charge in [0, 0.05) is 20.2 Å². The highest BCUT2D eigenvalue weighted by molar-refractivity contribution is 5.44. The maximum absolute atomic E-state index is 9.70. The van der Waals surface area contributed by atoms with Crippen LogP contribution < -0.4 is 0 Å². The number of nitrogens with zero attached hydrogens (tertiary/aromatic N) is 2. The van der Waals surface area contributed by atoms with Crippen LogP contribution >= 0.6 is 0 Å². The SMILES string of the molecule is COCC(O)CN(C)Cc1nc(-c2ccco2)oc1C. The van der Waals surface area contributed by atoms with Crippen molar-refractivity contribution in [2.75, 3.05) is 27.3 Å². The molecule has 0 aliphatic carbocycles. The Labute approximate surface area is 118 Å². The fourth-order valence-electron chi connectivity index (χ4n) is 2.01. The second-order valence-corrected chi connectivity index (χ2v) is 4.81. The molecule has 0 aliphatic heterocycles. The van der Waals surface area contributed by atoms with Crippen molar-refractivity contribution in [3.05, 3.63) is 29.9 Å². The highest BCUT2D eigenvalue weighted by Crippen LogP contribution is 2.22. The Hall–Kier alpha value is -1.63. The molecular formula is C14H20N2O4. The van der Waals surface area contributed by atoms with Crippen LogP contribution in [-0.4, -0.2) is 48.4 Å². The van der Waals surface area contributed by atoms with Gasteiger partial charge in [-0.2, -0.15) is 0 Å². The standard InChI is InChI=1S/C14H20N2O4/c1-10-12(8-16(2)7-11(17)9-18-3)15-14(20-10)13-5-4-6-19-13/h4-6,11,17H,7-9H2,1-3H3. The van der Waals surface area contributed by atoms with Crippen LogP contribution in [0.15, 0.2) is 27.2 Å². The van der Waals surface area contributed by atoms with Crippen LogP contribution in [0.4, 0.5) is 0 Å². The molecule has 20 heavy (non-hydrogen) atoms. The van der Waals surface area contributed by atoms with E-state index in [0.29, 0.717) is 31.3 Å². The van der Waals surface area contributed by atoms with Crippen molar-refractivity contribution in [2.45, 2.75) is 19.6 Å². The number of methoxy groups -OCH3 is 1. The fraction of sp³-hybridized carbons (Fsp3) is 0.500. The lowest BCUT2D eigenvalue weighted by molar-refractivity contribution is 0.0416. The number of aliphatic hydroxyl groups is 1. The number of furan rings is 1. The minimum atomic E-state index is -0.512. The summed E-state index contributed by atoms with van der Waals surface area (Å²) in [5.74, 6) is 1.85. The number of ether oxygens (including phenoxy) is 1. The largest absolute Gasteiger partial charge is 0.459 e. The molecule has 0 amide bonds. The summed E-state index contributed by atoms with van der Waals surface area (Å²) in [4.78, 5) is 6.40. The van der Waals surface area contributed by atoms with Crippen molar-refractivity contribution in [3.63, 3.8) is 0 Å². The highest BCUT2D eigenvalue weighted by Gasteiger charge is 2.16. The normalized spacial score (nSPS) is 13.1. The van der Waals surface area contributed by atoms with Gasteiger partial charge in [-0.15, -0.1) is 0 Å². The van der Waals surface area contributed by atoms with Crippen LogP contribution in [0, 0.1) is 6.92 Å². The maximum Gasteiger partial charge on any atom is 0.263 e. The molecular weight excluding hydrogens is 260 g/mol. The zero-order valence-corrected chi connectivity index (χ0v) is 12.0. The van der Waals surface area contributed by atoms with Crippen LogP contribution in [0.1, 0.15) is 11.5 Å². The first-order chi connectivity index (χ1) is 9.60.